The number of benzene rings is 3. The van der Waals surface area contributed by atoms with Crippen molar-refractivity contribution in [2.75, 3.05) is 0 Å². The lowest BCUT2D eigenvalue weighted by atomic mass is 9.96. The molecule has 0 bridgehead atoms. The van der Waals surface area contributed by atoms with Crippen LogP contribution in [0.15, 0.2) is 85.5 Å². The van der Waals surface area contributed by atoms with E-state index < -0.39 is 6.10 Å². The highest BCUT2D eigenvalue weighted by Crippen LogP contribution is 2.31. The normalized spacial score (nSPS) is 13.0. The Morgan fingerprint density at radius 3 is 1.97 bits per heavy atom. The van der Waals surface area contributed by atoms with Gasteiger partial charge in [-0.15, -0.1) is 0 Å². The lowest BCUT2D eigenvalue weighted by Crippen LogP contribution is -2.21. The summed E-state index contributed by atoms with van der Waals surface area (Å²) in [6.07, 6.45) is 2.86. The second-order valence-electron chi connectivity index (χ2n) is 6.84. The minimum absolute atomic E-state index is 0.322. The number of halogens is 2. The summed E-state index contributed by atoms with van der Waals surface area (Å²) in [5.41, 5.74) is 1.80. The van der Waals surface area contributed by atoms with E-state index in [0.717, 1.165) is 11.1 Å². The summed E-state index contributed by atoms with van der Waals surface area (Å²) in [6, 6.07) is 21.8. The van der Waals surface area contributed by atoms with Crippen LogP contribution in [0.3, 0.4) is 0 Å². The highest BCUT2D eigenvalue weighted by atomic mass is 35.5. The van der Waals surface area contributed by atoms with Crippen molar-refractivity contribution < 1.29 is 9.84 Å². The van der Waals surface area contributed by atoms with Crippen LogP contribution in [-0.4, -0.2) is 19.9 Å². The second-order valence-corrected chi connectivity index (χ2v) is 7.72. The highest BCUT2D eigenvalue weighted by molar-refractivity contribution is 6.30. The molecule has 4 rings (SSSR count). The molecule has 1 heterocycles. The third-order valence-electron chi connectivity index (χ3n) is 4.77. The van der Waals surface area contributed by atoms with Gasteiger partial charge in [0.25, 0.3) is 0 Å². The van der Waals surface area contributed by atoms with E-state index in [2.05, 4.69) is 10.1 Å². The molecule has 0 amide bonds. The van der Waals surface area contributed by atoms with Gasteiger partial charge in [0, 0.05) is 10.0 Å². The Kier molecular flexibility index (Phi) is 6.33. The lowest BCUT2D eigenvalue weighted by molar-refractivity contribution is 0.106. The maximum absolute atomic E-state index is 11.1. The smallest absolute Gasteiger partial charge is 0.137 e. The van der Waals surface area contributed by atoms with Crippen LogP contribution in [0, 0.1) is 0 Å². The fourth-order valence-corrected chi connectivity index (χ4v) is 3.45. The number of hydrogen-bond acceptors (Lipinski definition) is 4. The minimum atomic E-state index is -0.785. The summed E-state index contributed by atoms with van der Waals surface area (Å²) in [6.45, 7) is 0. The molecular formula is C23H19Cl2N3O2. The van der Waals surface area contributed by atoms with Crippen LogP contribution in [0.1, 0.15) is 23.3 Å². The Balaban J connectivity index is 1.52. The Labute approximate surface area is 184 Å². The van der Waals surface area contributed by atoms with Crippen molar-refractivity contribution in [3.8, 4) is 11.5 Å². The van der Waals surface area contributed by atoms with Crippen LogP contribution in [0.5, 0.6) is 11.5 Å². The predicted molar refractivity (Wildman–Crippen MR) is 117 cm³/mol. The number of aromatic nitrogens is 3. The molecule has 0 aliphatic carbocycles. The molecule has 4 aromatic rings. The van der Waals surface area contributed by atoms with Gasteiger partial charge >= 0.3 is 0 Å². The summed E-state index contributed by atoms with van der Waals surface area (Å²) in [7, 11) is 0. The van der Waals surface area contributed by atoms with Crippen molar-refractivity contribution in [1.29, 1.82) is 0 Å². The topological polar surface area (TPSA) is 60.2 Å². The zero-order chi connectivity index (χ0) is 20.9. The van der Waals surface area contributed by atoms with E-state index >= 15 is 0 Å². The van der Waals surface area contributed by atoms with E-state index in [9.17, 15) is 5.11 Å². The fraction of sp³-hybridized carbons (Fsp3) is 0.130. The zero-order valence-electron chi connectivity index (χ0n) is 15.9. The predicted octanol–water partition coefficient (Wildman–Crippen LogP) is 5.89. The SMILES string of the molecule is OC(c1ccc(Oc2ccc(Cl)cc2)cc1)C(Cc1ccc(Cl)cc1)n1cncn1. The van der Waals surface area contributed by atoms with Crippen LogP contribution in [-0.2, 0) is 6.42 Å². The monoisotopic (exact) mass is 439 g/mol. The first-order chi connectivity index (χ1) is 14.6. The van der Waals surface area contributed by atoms with Crippen molar-refractivity contribution >= 4 is 23.2 Å². The summed E-state index contributed by atoms with van der Waals surface area (Å²) in [4.78, 5) is 4.03. The summed E-state index contributed by atoms with van der Waals surface area (Å²) >= 11 is 11.9. The third kappa shape index (κ3) is 5.00. The van der Waals surface area contributed by atoms with Gasteiger partial charge in [-0.25, -0.2) is 9.67 Å². The largest absolute Gasteiger partial charge is 0.457 e. The van der Waals surface area contributed by atoms with Crippen LogP contribution in [0.25, 0.3) is 0 Å². The zero-order valence-corrected chi connectivity index (χ0v) is 17.4. The first-order valence-corrected chi connectivity index (χ1v) is 10.1. The van der Waals surface area contributed by atoms with Gasteiger partial charge in [-0.05, 0) is 66.1 Å². The van der Waals surface area contributed by atoms with E-state index in [0.29, 0.717) is 28.0 Å². The van der Waals surface area contributed by atoms with E-state index in [4.69, 9.17) is 27.9 Å². The molecule has 5 nitrogen and oxygen atoms in total. The molecule has 1 N–H and O–H groups in total. The van der Waals surface area contributed by atoms with Gasteiger partial charge in [-0.2, -0.15) is 5.10 Å². The van der Waals surface area contributed by atoms with E-state index in [1.54, 1.807) is 35.3 Å². The quantitative estimate of drug-likeness (QED) is 0.389. The van der Waals surface area contributed by atoms with Crippen LogP contribution >= 0.6 is 23.2 Å². The minimum Gasteiger partial charge on any atom is -0.457 e. The Bertz CT molecular complexity index is 1070. The molecule has 30 heavy (non-hydrogen) atoms. The van der Waals surface area contributed by atoms with E-state index in [-0.39, 0.29) is 6.04 Å². The number of ether oxygens (including phenoxy) is 1. The van der Waals surface area contributed by atoms with Gasteiger partial charge in [-0.1, -0.05) is 47.5 Å². The Morgan fingerprint density at radius 1 is 0.833 bits per heavy atom. The average Bonchev–Trinajstić information content (AvgIpc) is 3.30. The van der Waals surface area contributed by atoms with Crippen molar-refractivity contribution in [3.63, 3.8) is 0 Å². The molecule has 0 spiro atoms. The first-order valence-electron chi connectivity index (χ1n) is 9.38. The average molecular weight is 440 g/mol. The summed E-state index contributed by atoms with van der Waals surface area (Å²) in [5.74, 6) is 1.36. The van der Waals surface area contributed by atoms with Gasteiger partial charge in [0.05, 0.1) is 6.04 Å². The molecule has 152 valence electrons. The molecule has 0 saturated heterocycles. The summed E-state index contributed by atoms with van der Waals surface area (Å²) < 4.78 is 7.51. The van der Waals surface area contributed by atoms with Gasteiger partial charge in [0.2, 0.25) is 0 Å². The van der Waals surface area contributed by atoms with Gasteiger partial charge in [0.1, 0.15) is 30.3 Å². The van der Waals surface area contributed by atoms with E-state index in [1.165, 1.54) is 6.33 Å². The Morgan fingerprint density at radius 2 is 1.40 bits per heavy atom. The van der Waals surface area contributed by atoms with Gasteiger partial charge in [0.15, 0.2) is 0 Å². The van der Waals surface area contributed by atoms with Gasteiger partial charge < -0.3 is 9.84 Å². The molecule has 2 unspecified atom stereocenters. The van der Waals surface area contributed by atoms with Crippen molar-refractivity contribution in [3.05, 3.63) is 107 Å². The number of rotatable bonds is 7. The molecule has 1 aromatic heterocycles. The Hall–Kier alpha value is -2.86. The number of hydrogen-bond donors (Lipinski definition) is 1. The molecule has 0 radical (unpaired) electrons. The summed E-state index contributed by atoms with van der Waals surface area (Å²) in [5, 5.41) is 16.7. The fourth-order valence-electron chi connectivity index (χ4n) is 3.19. The number of nitrogens with zero attached hydrogens (tertiary/aromatic N) is 3. The molecule has 3 aromatic carbocycles. The standard InChI is InChI=1S/C23H19Cl2N3O2/c24-18-5-1-16(2-6-18)13-22(28-15-26-14-27-28)23(29)17-3-9-20(10-4-17)30-21-11-7-19(25)8-12-21/h1-12,14-15,22-23,29H,13H2. The van der Waals surface area contributed by atoms with Crippen LogP contribution in [0.2, 0.25) is 10.0 Å². The molecular weight excluding hydrogens is 421 g/mol. The molecule has 0 aliphatic heterocycles. The third-order valence-corrected chi connectivity index (χ3v) is 5.27. The molecule has 0 fully saturated rings. The molecule has 2 atom stereocenters. The highest BCUT2D eigenvalue weighted by Gasteiger charge is 2.24. The second kappa shape index (κ2) is 9.30. The lowest BCUT2D eigenvalue weighted by Gasteiger charge is -2.24. The molecule has 0 aliphatic rings. The van der Waals surface area contributed by atoms with E-state index in [1.807, 2.05) is 48.5 Å². The maximum atomic E-state index is 11.1. The van der Waals surface area contributed by atoms with Crippen molar-refractivity contribution in [2.45, 2.75) is 18.6 Å². The van der Waals surface area contributed by atoms with Crippen molar-refractivity contribution in [1.82, 2.24) is 14.8 Å². The van der Waals surface area contributed by atoms with Crippen LogP contribution < -0.4 is 4.74 Å². The van der Waals surface area contributed by atoms with Crippen LogP contribution in [0.4, 0.5) is 0 Å². The number of aliphatic hydroxyl groups is 1. The molecule has 0 saturated carbocycles. The van der Waals surface area contributed by atoms with Gasteiger partial charge in [-0.3, -0.25) is 0 Å². The maximum Gasteiger partial charge on any atom is 0.137 e. The van der Waals surface area contributed by atoms with Crippen molar-refractivity contribution in [2.24, 2.45) is 0 Å². The number of aliphatic hydroxyl groups excluding tert-OH is 1. The molecule has 7 heteroatoms. The first kappa shape index (κ1) is 20.4.